The molecule has 1 aromatic carbocycles. The number of aliphatic hydroxyl groups is 1. The Kier molecular flexibility index (Phi) is 4.88. The molecule has 16 heavy (non-hydrogen) atoms. The van der Waals surface area contributed by atoms with Crippen molar-refractivity contribution in [2.45, 2.75) is 18.9 Å². The number of carbonyl (C=O) groups excluding carboxylic acids is 1. The van der Waals surface area contributed by atoms with Gasteiger partial charge in [0, 0.05) is 15.6 Å². The number of aliphatic carboxylic acids is 1. The quantitative estimate of drug-likeness (QED) is 0.633. The van der Waals surface area contributed by atoms with E-state index >= 15 is 0 Å². The van der Waals surface area contributed by atoms with E-state index in [0.717, 1.165) is 11.8 Å². The van der Waals surface area contributed by atoms with Crippen molar-refractivity contribution >= 4 is 34.8 Å². The number of hydrogen-bond acceptors (Lipinski definition) is 3. The van der Waals surface area contributed by atoms with E-state index in [1.54, 1.807) is 18.2 Å². The number of hydrogen-bond donors (Lipinski definition) is 2. The zero-order chi connectivity index (χ0) is 12.1. The second-order valence-electron chi connectivity index (χ2n) is 3.30. The summed E-state index contributed by atoms with van der Waals surface area (Å²) in [5.41, 5.74) is 1.33. The number of benzene rings is 1. The van der Waals surface area contributed by atoms with Crippen LogP contribution in [0.15, 0.2) is 18.2 Å². The van der Waals surface area contributed by atoms with E-state index in [4.69, 9.17) is 5.11 Å². The van der Waals surface area contributed by atoms with Crippen LogP contribution in [-0.4, -0.2) is 22.5 Å². The van der Waals surface area contributed by atoms with E-state index in [9.17, 15) is 14.7 Å². The van der Waals surface area contributed by atoms with Crippen molar-refractivity contribution in [1.29, 1.82) is 0 Å². The average Bonchev–Trinajstić information content (AvgIpc) is 2.25. The zero-order valence-corrected chi connectivity index (χ0v) is 10.5. The SMILES string of the molecule is O=CCCc1ccc(C(O)C(=O)O)c(I)c1. The lowest BCUT2D eigenvalue weighted by Crippen LogP contribution is -2.12. The lowest BCUT2D eigenvalue weighted by molar-refractivity contribution is -0.147. The Labute approximate surface area is 106 Å². The molecule has 0 saturated heterocycles. The molecule has 2 N–H and O–H groups in total. The highest BCUT2D eigenvalue weighted by atomic mass is 127. The second-order valence-corrected chi connectivity index (χ2v) is 4.46. The predicted molar refractivity (Wildman–Crippen MR) is 66.1 cm³/mol. The Hall–Kier alpha value is -0.950. The van der Waals surface area contributed by atoms with Gasteiger partial charge in [-0.2, -0.15) is 0 Å². The fraction of sp³-hybridized carbons (Fsp3) is 0.273. The molecule has 1 atom stereocenters. The van der Waals surface area contributed by atoms with Gasteiger partial charge in [0.25, 0.3) is 0 Å². The lowest BCUT2D eigenvalue weighted by atomic mass is 10.0. The summed E-state index contributed by atoms with van der Waals surface area (Å²) in [5.74, 6) is -1.27. The highest BCUT2D eigenvalue weighted by Gasteiger charge is 2.18. The number of carboxylic acid groups (broad SMARTS) is 1. The number of carboxylic acids is 1. The Morgan fingerprint density at radius 1 is 1.50 bits per heavy atom. The second kappa shape index (κ2) is 5.95. The Morgan fingerprint density at radius 2 is 2.19 bits per heavy atom. The number of rotatable bonds is 5. The molecule has 1 unspecified atom stereocenters. The summed E-state index contributed by atoms with van der Waals surface area (Å²) in [6, 6.07) is 5.10. The molecule has 0 bridgehead atoms. The molecule has 0 aliphatic carbocycles. The van der Waals surface area contributed by atoms with Crippen molar-refractivity contribution < 1.29 is 19.8 Å². The Bertz CT molecular complexity index is 403. The third kappa shape index (κ3) is 3.28. The maximum Gasteiger partial charge on any atom is 0.337 e. The molecule has 1 aromatic rings. The van der Waals surface area contributed by atoms with E-state index < -0.39 is 12.1 Å². The number of carbonyl (C=O) groups is 2. The highest BCUT2D eigenvalue weighted by Crippen LogP contribution is 2.22. The first-order valence-corrected chi connectivity index (χ1v) is 5.77. The van der Waals surface area contributed by atoms with Crippen LogP contribution in [0.2, 0.25) is 0 Å². The zero-order valence-electron chi connectivity index (χ0n) is 8.39. The molecule has 0 aromatic heterocycles. The van der Waals surface area contributed by atoms with Crippen LogP contribution in [0.25, 0.3) is 0 Å². The Morgan fingerprint density at radius 3 is 2.69 bits per heavy atom. The molecule has 0 amide bonds. The fourth-order valence-corrected chi connectivity index (χ4v) is 2.18. The third-order valence-electron chi connectivity index (χ3n) is 2.14. The monoisotopic (exact) mass is 334 g/mol. The number of aryl methyl sites for hydroxylation is 1. The molecule has 1 rings (SSSR count). The molecule has 0 radical (unpaired) electrons. The van der Waals surface area contributed by atoms with Crippen LogP contribution in [0.4, 0.5) is 0 Å². The molecule has 86 valence electrons. The van der Waals surface area contributed by atoms with E-state index in [0.29, 0.717) is 22.0 Å². The molecule has 0 fully saturated rings. The summed E-state index contributed by atoms with van der Waals surface area (Å²) in [6.07, 6.45) is 0.416. The lowest BCUT2D eigenvalue weighted by Gasteiger charge is -2.09. The van der Waals surface area contributed by atoms with Crippen LogP contribution in [-0.2, 0) is 16.0 Å². The van der Waals surface area contributed by atoms with Gasteiger partial charge in [0.05, 0.1) is 0 Å². The van der Waals surface area contributed by atoms with Crippen LogP contribution in [0.1, 0.15) is 23.7 Å². The molecule has 0 heterocycles. The summed E-state index contributed by atoms with van der Waals surface area (Å²) in [7, 11) is 0. The number of aldehydes is 1. The van der Waals surface area contributed by atoms with Crippen molar-refractivity contribution in [3.63, 3.8) is 0 Å². The molecule has 0 saturated carbocycles. The van der Waals surface area contributed by atoms with Crippen LogP contribution in [0, 0.1) is 3.57 Å². The molecule has 5 heteroatoms. The smallest absolute Gasteiger partial charge is 0.337 e. The van der Waals surface area contributed by atoms with Crippen molar-refractivity contribution in [2.75, 3.05) is 0 Å². The van der Waals surface area contributed by atoms with Gasteiger partial charge in [-0.05, 0) is 40.6 Å². The minimum Gasteiger partial charge on any atom is -0.479 e. The van der Waals surface area contributed by atoms with E-state index in [1.807, 2.05) is 22.6 Å². The van der Waals surface area contributed by atoms with E-state index in [1.165, 1.54) is 0 Å². The van der Waals surface area contributed by atoms with Crippen molar-refractivity contribution in [3.05, 3.63) is 32.9 Å². The largest absolute Gasteiger partial charge is 0.479 e. The predicted octanol–water partition coefficient (Wildman–Crippen LogP) is 1.54. The minimum absolute atomic E-state index is 0.378. The summed E-state index contributed by atoms with van der Waals surface area (Å²) >= 11 is 1.97. The van der Waals surface area contributed by atoms with Crippen LogP contribution >= 0.6 is 22.6 Å². The first-order chi connectivity index (χ1) is 7.56. The summed E-state index contributed by atoms with van der Waals surface area (Å²) in [6.45, 7) is 0. The van der Waals surface area contributed by atoms with Gasteiger partial charge in [0.2, 0.25) is 0 Å². The molecule has 0 aliphatic heterocycles. The van der Waals surface area contributed by atoms with Crippen molar-refractivity contribution in [2.24, 2.45) is 0 Å². The average molecular weight is 334 g/mol. The van der Waals surface area contributed by atoms with Crippen LogP contribution < -0.4 is 0 Å². The van der Waals surface area contributed by atoms with Gasteiger partial charge in [0.15, 0.2) is 6.10 Å². The van der Waals surface area contributed by atoms with Crippen LogP contribution in [0.5, 0.6) is 0 Å². The topological polar surface area (TPSA) is 74.6 Å². The van der Waals surface area contributed by atoms with Gasteiger partial charge in [-0.15, -0.1) is 0 Å². The maximum atomic E-state index is 10.6. The first kappa shape index (κ1) is 13.1. The third-order valence-corrected chi connectivity index (χ3v) is 3.08. The van der Waals surface area contributed by atoms with Gasteiger partial charge in [0.1, 0.15) is 6.29 Å². The maximum absolute atomic E-state index is 10.6. The van der Waals surface area contributed by atoms with E-state index in [-0.39, 0.29) is 0 Å². The van der Waals surface area contributed by atoms with Gasteiger partial charge in [-0.1, -0.05) is 12.1 Å². The van der Waals surface area contributed by atoms with Crippen LogP contribution in [0.3, 0.4) is 0 Å². The van der Waals surface area contributed by atoms with Gasteiger partial charge in [-0.3, -0.25) is 0 Å². The molecule has 4 nitrogen and oxygen atoms in total. The molecular weight excluding hydrogens is 323 g/mol. The van der Waals surface area contributed by atoms with Gasteiger partial charge >= 0.3 is 5.97 Å². The fourth-order valence-electron chi connectivity index (χ4n) is 1.31. The minimum atomic E-state index is -1.49. The number of aliphatic hydroxyl groups excluding tert-OH is 1. The molecular formula is C11H11IO4. The summed E-state index contributed by atoms with van der Waals surface area (Å²) in [5, 5.41) is 18.1. The molecule has 0 spiro atoms. The summed E-state index contributed by atoms with van der Waals surface area (Å²) < 4.78 is 0.691. The van der Waals surface area contributed by atoms with Gasteiger partial charge in [-0.25, -0.2) is 4.79 Å². The summed E-state index contributed by atoms with van der Waals surface area (Å²) in [4.78, 5) is 20.8. The normalized spacial score (nSPS) is 12.1. The van der Waals surface area contributed by atoms with Crippen molar-refractivity contribution in [1.82, 2.24) is 0 Å². The Balaban J connectivity index is 2.90. The number of halogens is 1. The van der Waals surface area contributed by atoms with E-state index in [2.05, 4.69) is 0 Å². The van der Waals surface area contributed by atoms with Crippen molar-refractivity contribution in [3.8, 4) is 0 Å². The standard InChI is InChI=1S/C11H11IO4/c12-9-6-7(2-1-5-13)3-4-8(9)10(14)11(15)16/h3-6,10,14H,1-2H2,(H,15,16). The van der Waals surface area contributed by atoms with Gasteiger partial charge < -0.3 is 15.0 Å². The highest BCUT2D eigenvalue weighted by molar-refractivity contribution is 14.1. The molecule has 0 aliphatic rings. The first-order valence-electron chi connectivity index (χ1n) is 4.69.